The van der Waals surface area contributed by atoms with Crippen LogP contribution in [0.25, 0.3) is 0 Å². The topological polar surface area (TPSA) is 67.6 Å². The fraction of sp³-hybridized carbons (Fsp3) is 0.538. The standard InChI is InChI=1S/C13H19N3O3/c1-10-12(4-3-5-13(10)16(17)18)14-8-11-9-15(2)6-7-19-11/h3-5,11,14H,6-9H2,1-2H3. The highest BCUT2D eigenvalue weighted by Gasteiger charge is 2.18. The molecule has 1 saturated heterocycles. The zero-order valence-corrected chi connectivity index (χ0v) is 11.3. The van der Waals surface area contributed by atoms with Gasteiger partial charge in [0.25, 0.3) is 5.69 Å². The van der Waals surface area contributed by atoms with E-state index in [1.54, 1.807) is 13.0 Å². The van der Waals surface area contributed by atoms with Crippen molar-refractivity contribution in [1.82, 2.24) is 4.90 Å². The number of nitrogens with one attached hydrogen (secondary N) is 1. The van der Waals surface area contributed by atoms with Gasteiger partial charge >= 0.3 is 0 Å². The fourth-order valence-corrected chi connectivity index (χ4v) is 2.23. The van der Waals surface area contributed by atoms with Gasteiger partial charge in [-0.05, 0) is 20.0 Å². The molecular weight excluding hydrogens is 246 g/mol. The Kier molecular flexibility index (Phi) is 4.34. The summed E-state index contributed by atoms with van der Waals surface area (Å²) in [7, 11) is 2.06. The van der Waals surface area contributed by atoms with E-state index in [4.69, 9.17) is 4.74 Å². The Morgan fingerprint density at radius 2 is 2.37 bits per heavy atom. The van der Waals surface area contributed by atoms with Gasteiger partial charge in [0, 0.05) is 37.0 Å². The van der Waals surface area contributed by atoms with Gasteiger partial charge < -0.3 is 15.0 Å². The van der Waals surface area contributed by atoms with Crippen LogP contribution in [0.3, 0.4) is 0 Å². The molecule has 6 nitrogen and oxygen atoms in total. The van der Waals surface area contributed by atoms with E-state index in [-0.39, 0.29) is 16.7 Å². The van der Waals surface area contributed by atoms with Crippen molar-refractivity contribution in [1.29, 1.82) is 0 Å². The van der Waals surface area contributed by atoms with Crippen LogP contribution in [-0.2, 0) is 4.74 Å². The molecule has 0 aliphatic carbocycles. The summed E-state index contributed by atoms with van der Waals surface area (Å²) in [4.78, 5) is 12.7. The van der Waals surface area contributed by atoms with Crippen molar-refractivity contribution in [3.05, 3.63) is 33.9 Å². The van der Waals surface area contributed by atoms with Gasteiger partial charge in [-0.15, -0.1) is 0 Å². The Labute approximate surface area is 112 Å². The summed E-state index contributed by atoms with van der Waals surface area (Å²) >= 11 is 0. The lowest BCUT2D eigenvalue weighted by atomic mass is 10.1. The number of hydrogen-bond donors (Lipinski definition) is 1. The summed E-state index contributed by atoms with van der Waals surface area (Å²) in [5, 5.41) is 14.1. The molecule has 0 aromatic heterocycles. The number of morpholine rings is 1. The van der Waals surface area contributed by atoms with Crippen LogP contribution in [0.4, 0.5) is 11.4 Å². The molecule has 1 aliphatic rings. The number of rotatable bonds is 4. The number of likely N-dealkylation sites (N-methyl/N-ethyl adjacent to an activating group) is 1. The molecule has 1 unspecified atom stereocenters. The number of nitro benzene ring substituents is 1. The van der Waals surface area contributed by atoms with Crippen molar-refractivity contribution in [3.8, 4) is 0 Å². The SMILES string of the molecule is Cc1c(NCC2CN(C)CCO2)cccc1[N+](=O)[O-]. The highest BCUT2D eigenvalue weighted by molar-refractivity contribution is 5.59. The fourth-order valence-electron chi connectivity index (χ4n) is 2.23. The summed E-state index contributed by atoms with van der Waals surface area (Å²) < 4.78 is 5.65. The Bertz CT molecular complexity index is 464. The predicted molar refractivity (Wildman–Crippen MR) is 73.6 cm³/mol. The van der Waals surface area contributed by atoms with Crippen LogP contribution in [-0.4, -0.2) is 49.2 Å². The van der Waals surface area contributed by atoms with E-state index < -0.39 is 0 Å². The van der Waals surface area contributed by atoms with Gasteiger partial charge in [0.2, 0.25) is 0 Å². The number of nitrogens with zero attached hydrogens (tertiary/aromatic N) is 2. The van der Waals surface area contributed by atoms with E-state index in [1.807, 2.05) is 6.07 Å². The minimum atomic E-state index is -0.356. The molecule has 104 valence electrons. The van der Waals surface area contributed by atoms with Gasteiger partial charge in [-0.3, -0.25) is 10.1 Å². The van der Waals surface area contributed by atoms with Gasteiger partial charge in [0.05, 0.1) is 17.6 Å². The van der Waals surface area contributed by atoms with Crippen molar-refractivity contribution in [3.63, 3.8) is 0 Å². The molecule has 1 N–H and O–H groups in total. The lowest BCUT2D eigenvalue weighted by Crippen LogP contribution is -2.43. The number of nitro groups is 1. The first-order chi connectivity index (χ1) is 9.08. The molecule has 1 aromatic rings. The number of hydrogen-bond acceptors (Lipinski definition) is 5. The van der Waals surface area contributed by atoms with E-state index in [2.05, 4.69) is 17.3 Å². The van der Waals surface area contributed by atoms with Crippen LogP contribution in [0.2, 0.25) is 0 Å². The number of benzene rings is 1. The first-order valence-electron chi connectivity index (χ1n) is 6.36. The average Bonchev–Trinajstić information content (AvgIpc) is 2.37. The van der Waals surface area contributed by atoms with Crippen molar-refractivity contribution < 1.29 is 9.66 Å². The largest absolute Gasteiger partial charge is 0.382 e. The molecular formula is C13H19N3O3. The maximum atomic E-state index is 10.9. The van der Waals surface area contributed by atoms with Crippen LogP contribution in [0.1, 0.15) is 5.56 Å². The van der Waals surface area contributed by atoms with Crippen LogP contribution in [0.5, 0.6) is 0 Å². The molecule has 0 spiro atoms. The van der Waals surface area contributed by atoms with E-state index in [0.29, 0.717) is 12.1 Å². The van der Waals surface area contributed by atoms with Crippen molar-refractivity contribution in [2.24, 2.45) is 0 Å². The second-order valence-corrected chi connectivity index (χ2v) is 4.84. The first-order valence-corrected chi connectivity index (χ1v) is 6.36. The van der Waals surface area contributed by atoms with Crippen LogP contribution < -0.4 is 5.32 Å². The summed E-state index contributed by atoms with van der Waals surface area (Å²) in [5.74, 6) is 0. The summed E-state index contributed by atoms with van der Waals surface area (Å²) in [6.07, 6.45) is 0.123. The lowest BCUT2D eigenvalue weighted by Gasteiger charge is -2.30. The summed E-state index contributed by atoms with van der Waals surface area (Å²) in [6, 6.07) is 5.07. The molecule has 2 rings (SSSR count). The van der Waals surface area contributed by atoms with Gasteiger partial charge in [0.15, 0.2) is 0 Å². The minimum Gasteiger partial charge on any atom is -0.382 e. The van der Waals surface area contributed by atoms with Gasteiger partial charge in [-0.1, -0.05) is 6.07 Å². The molecule has 6 heteroatoms. The molecule has 1 aliphatic heterocycles. The molecule has 0 bridgehead atoms. The third kappa shape index (κ3) is 3.42. The molecule has 1 atom stereocenters. The zero-order valence-electron chi connectivity index (χ0n) is 11.3. The molecule has 0 amide bonds. The number of anilines is 1. The van der Waals surface area contributed by atoms with E-state index in [9.17, 15) is 10.1 Å². The summed E-state index contributed by atoms with van der Waals surface area (Å²) in [6.45, 7) is 4.98. The quantitative estimate of drug-likeness (QED) is 0.662. The molecule has 1 heterocycles. The first kappa shape index (κ1) is 13.8. The smallest absolute Gasteiger partial charge is 0.274 e. The van der Waals surface area contributed by atoms with E-state index >= 15 is 0 Å². The third-order valence-corrected chi connectivity index (χ3v) is 3.36. The van der Waals surface area contributed by atoms with Gasteiger partial charge in [0.1, 0.15) is 0 Å². The van der Waals surface area contributed by atoms with Crippen LogP contribution >= 0.6 is 0 Å². The molecule has 0 radical (unpaired) electrons. The van der Waals surface area contributed by atoms with Crippen LogP contribution in [0, 0.1) is 17.0 Å². The lowest BCUT2D eigenvalue weighted by molar-refractivity contribution is -0.385. The van der Waals surface area contributed by atoms with Gasteiger partial charge in [-0.25, -0.2) is 0 Å². The van der Waals surface area contributed by atoms with Crippen molar-refractivity contribution in [2.45, 2.75) is 13.0 Å². The maximum absolute atomic E-state index is 10.9. The monoisotopic (exact) mass is 265 g/mol. The zero-order chi connectivity index (χ0) is 13.8. The van der Waals surface area contributed by atoms with E-state index in [0.717, 1.165) is 25.4 Å². The highest BCUT2D eigenvalue weighted by atomic mass is 16.6. The Morgan fingerprint density at radius 1 is 1.58 bits per heavy atom. The van der Waals surface area contributed by atoms with Crippen molar-refractivity contribution in [2.75, 3.05) is 38.6 Å². The Hall–Kier alpha value is -1.66. The Balaban J connectivity index is 1.99. The molecule has 1 aromatic carbocycles. The third-order valence-electron chi connectivity index (χ3n) is 3.36. The average molecular weight is 265 g/mol. The maximum Gasteiger partial charge on any atom is 0.274 e. The van der Waals surface area contributed by atoms with Crippen LogP contribution in [0.15, 0.2) is 18.2 Å². The molecule has 1 fully saturated rings. The van der Waals surface area contributed by atoms with Crippen molar-refractivity contribution >= 4 is 11.4 Å². The highest BCUT2D eigenvalue weighted by Crippen LogP contribution is 2.25. The second kappa shape index (κ2) is 5.99. The van der Waals surface area contributed by atoms with E-state index in [1.165, 1.54) is 6.07 Å². The molecule has 19 heavy (non-hydrogen) atoms. The predicted octanol–water partition coefficient (Wildman–Crippen LogP) is 1.65. The normalized spacial score (nSPS) is 20.2. The second-order valence-electron chi connectivity index (χ2n) is 4.84. The Morgan fingerprint density at radius 3 is 3.05 bits per heavy atom. The summed E-state index contributed by atoms with van der Waals surface area (Å²) in [5.41, 5.74) is 1.61. The minimum absolute atomic E-state index is 0.123. The van der Waals surface area contributed by atoms with Gasteiger partial charge in [-0.2, -0.15) is 0 Å². The molecule has 0 saturated carbocycles. The number of ether oxygens (including phenoxy) is 1.